The number of rotatable bonds is 2. The van der Waals surface area contributed by atoms with Gasteiger partial charge in [0, 0.05) is 17.1 Å². The average Bonchev–Trinajstić information content (AvgIpc) is 2.46. The third-order valence-electron chi connectivity index (χ3n) is 5.06. The molecular weight excluding hydrogens is 307 g/mol. The van der Waals surface area contributed by atoms with Crippen LogP contribution in [0.5, 0.6) is 0 Å². The van der Waals surface area contributed by atoms with Crippen LogP contribution in [-0.2, 0) is 0 Å². The molecule has 21 heavy (non-hydrogen) atoms. The van der Waals surface area contributed by atoms with Gasteiger partial charge in [0.1, 0.15) is 0 Å². The Kier molecular flexibility index (Phi) is 3.93. The van der Waals surface area contributed by atoms with Crippen molar-refractivity contribution in [2.24, 2.45) is 5.92 Å². The molecule has 0 aromatic heterocycles. The Hall–Kier alpha value is -0.770. The Labute approximate surface area is 135 Å². The highest BCUT2D eigenvalue weighted by Crippen LogP contribution is 2.39. The van der Waals surface area contributed by atoms with Crippen LogP contribution in [0.1, 0.15) is 37.0 Å². The molecule has 3 nitrogen and oxygen atoms in total. The molecule has 0 spiro atoms. The van der Waals surface area contributed by atoms with E-state index in [2.05, 4.69) is 24.1 Å². The predicted octanol–water partition coefficient (Wildman–Crippen LogP) is 3.60. The number of carbonyl (C=O) groups excluding carboxylic acids is 1. The molecule has 1 N–H and O–H groups in total. The second-order valence-electron chi connectivity index (χ2n) is 6.56. The zero-order chi connectivity index (χ0) is 15.2. The monoisotopic (exact) mass is 326 g/mol. The summed E-state index contributed by atoms with van der Waals surface area (Å²) in [4.78, 5) is 15.0. The van der Waals surface area contributed by atoms with E-state index in [9.17, 15) is 4.79 Å². The van der Waals surface area contributed by atoms with Crippen molar-refractivity contribution in [3.8, 4) is 0 Å². The molecule has 4 rings (SSSR count). The fourth-order valence-electron chi connectivity index (χ4n) is 3.74. The van der Waals surface area contributed by atoms with E-state index >= 15 is 0 Å². The maximum Gasteiger partial charge on any atom is 0.251 e. The fourth-order valence-corrected chi connectivity index (χ4v) is 4.04. The van der Waals surface area contributed by atoms with Gasteiger partial charge in [-0.3, -0.25) is 9.69 Å². The molecule has 0 radical (unpaired) electrons. The number of amides is 1. The van der Waals surface area contributed by atoms with E-state index in [0.717, 1.165) is 25.9 Å². The van der Waals surface area contributed by atoms with E-state index in [4.69, 9.17) is 23.2 Å². The molecule has 5 heteroatoms. The average molecular weight is 327 g/mol. The summed E-state index contributed by atoms with van der Waals surface area (Å²) in [6, 6.07) is 5.20. The van der Waals surface area contributed by atoms with Gasteiger partial charge < -0.3 is 5.32 Å². The number of benzene rings is 1. The Morgan fingerprint density at radius 2 is 1.90 bits per heavy atom. The van der Waals surface area contributed by atoms with Crippen LogP contribution in [0.4, 0.5) is 0 Å². The lowest BCUT2D eigenvalue weighted by Gasteiger charge is -2.56. The lowest BCUT2D eigenvalue weighted by molar-refractivity contribution is -0.0378. The van der Waals surface area contributed by atoms with E-state index in [1.165, 1.54) is 0 Å². The molecule has 3 saturated heterocycles. The molecule has 3 aliphatic heterocycles. The molecule has 3 fully saturated rings. The standard InChI is InChI=1S/C16H20Cl2N2O/c1-16(2)14(10-5-7-20(16)8-6-10)19-15(21)11-3-4-12(17)13(18)9-11/h3-4,9-10,14H,5-8H2,1-2H3,(H,19,21). The van der Waals surface area contributed by atoms with Gasteiger partial charge in [-0.25, -0.2) is 0 Å². The summed E-state index contributed by atoms with van der Waals surface area (Å²) in [7, 11) is 0. The van der Waals surface area contributed by atoms with Crippen molar-refractivity contribution in [3.05, 3.63) is 33.8 Å². The van der Waals surface area contributed by atoms with Crippen molar-refractivity contribution >= 4 is 29.1 Å². The summed E-state index contributed by atoms with van der Waals surface area (Å²) >= 11 is 11.9. The molecule has 3 heterocycles. The number of carbonyl (C=O) groups is 1. The quantitative estimate of drug-likeness (QED) is 0.900. The second kappa shape index (κ2) is 5.45. The van der Waals surface area contributed by atoms with Gasteiger partial charge in [0.05, 0.1) is 10.0 Å². The smallest absolute Gasteiger partial charge is 0.251 e. The first-order valence-electron chi connectivity index (χ1n) is 7.40. The first-order valence-corrected chi connectivity index (χ1v) is 8.16. The van der Waals surface area contributed by atoms with Crippen molar-refractivity contribution in [1.29, 1.82) is 0 Å². The summed E-state index contributed by atoms with van der Waals surface area (Å²) in [6.07, 6.45) is 2.32. The van der Waals surface area contributed by atoms with Crippen molar-refractivity contribution in [2.45, 2.75) is 38.3 Å². The highest BCUT2D eigenvalue weighted by molar-refractivity contribution is 6.42. The summed E-state index contributed by atoms with van der Waals surface area (Å²) in [6.45, 7) is 6.71. The van der Waals surface area contributed by atoms with Gasteiger partial charge in [-0.15, -0.1) is 0 Å². The van der Waals surface area contributed by atoms with Crippen molar-refractivity contribution in [1.82, 2.24) is 10.2 Å². The highest BCUT2D eigenvalue weighted by Gasteiger charge is 2.48. The topological polar surface area (TPSA) is 32.3 Å². The summed E-state index contributed by atoms with van der Waals surface area (Å²) in [5, 5.41) is 4.10. The van der Waals surface area contributed by atoms with Crippen LogP contribution in [0.2, 0.25) is 10.0 Å². The second-order valence-corrected chi connectivity index (χ2v) is 7.37. The molecule has 1 aromatic carbocycles. The highest BCUT2D eigenvalue weighted by atomic mass is 35.5. The largest absolute Gasteiger partial charge is 0.347 e. The lowest BCUT2D eigenvalue weighted by Crippen LogP contribution is -2.69. The number of fused-ring (bicyclic) bond motifs is 3. The molecule has 0 saturated carbocycles. The first-order chi connectivity index (χ1) is 9.89. The number of hydrogen-bond donors (Lipinski definition) is 1. The van der Waals surface area contributed by atoms with E-state index in [-0.39, 0.29) is 17.5 Å². The van der Waals surface area contributed by atoms with Crippen LogP contribution >= 0.6 is 23.2 Å². The van der Waals surface area contributed by atoms with Crippen LogP contribution in [0.3, 0.4) is 0 Å². The minimum absolute atomic E-state index is 0.00699. The zero-order valence-electron chi connectivity index (χ0n) is 12.3. The van der Waals surface area contributed by atoms with E-state index < -0.39 is 0 Å². The van der Waals surface area contributed by atoms with E-state index in [1.807, 2.05) is 0 Å². The molecule has 1 aromatic rings. The van der Waals surface area contributed by atoms with Crippen LogP contribution < -0.4 is 5.32 Å². The maximum atomic E-state index is 12.5. The Balaban J connectivity index is 1.79. The summed E-state index contributed by atoms with van der Waals surface area (Å²) in [5.74, 6) is 0.497. The number of hydrogen-bond acceptors (Lipinski definition) is 2. The molecular formula is C16H20Cl2N2O. The molecule has 3 aliphatic rings. The van der Waals surface area contributed by atoms with E-state index in [1.54, 1.807) is 18.2 Å². The predicted molar refractivity (Wildman–Crippen MR) is 86.1 cm³/mol. The number of nitrogens with zero attached hydrogens (tertiary/aromatic N) is 1. The maximum absolute atomic E-state index is 12.5. The fraction of sp³-hybridized carbons (Fsp3) is 0.562. The van der Waals surface area contributed by atoms with Crippen LogP contribution in [0, 0.1) is 5.92 Å². The molecule has 2 bridgehead atoms. The lowest BCUT2D eigenvalue weighted by atomic mass is 9.72. The van der Waals surface area contributed by atoms with Gasteiger partial charge in [-0.2, -0.15) is 0 Å². The molecule has 114 valence electrons. The summed E-state index contributed by atoms with van der Waals surface area (Å²) < 4.78 is 0. The van der Waals surface area contributed by atoms with Gasteiger partial charge >= 0.3 is 0 Å². The molecule has 1 amide bonds. The minimum Gasteiger partial charge on any atom is -0.347 e. The third-order valence-corrected chi connectivity index (χ3v) is 5.79. The number of nitrogens with one attached hydrogen (secondary N) is 1. The van der Waals surface area contributed by atoms with Gasteiger partial charge in [-0.05, 0) is 63.9 Å². The number of halogens is 2. The van der Waals surface area contributed by atoms with Crippen LogP contribution in [0.15, 0.2) is 18.2 Å². The summed E-state index contributed by atoms with van der Waals surface area (Å²) in [5.41, 5.74) is 0.573. The van der Waals surface area contributed by atoms with Crippen molar-refractivity contribution in [3.63, 3.8) is 0 Å². The van der Waals surface area contributed by atoms with Crippen molar-refractivity contribution in [2.75, 3.05) is 13.1 Å². The molecule has 1 unspecified atom stereocenters. The number of piperidine rings is 3. The zero-order valence-corrected chi connectivity index (χ0v) is 13.8. The first kappa shape index (κ1) is 15.1. The molecule has 1 atom stereocenters. The SMILES string of the molecule is CC1(C)C(NC(=O)c2ccc(Cl)c(Cl)c2)C2CCN1CC2. The van der Waals surface area contributed by atoms with E-state index in [0.29, 0.717) is 21.5 Å². The molecule has 0 aliphatic carbocycles. The Morgan fingerprint density at radius 3 is 2.48 bits per heavy atom. The third kappa shape index (κ3) is 2.67. The Bertz CT molecular complexity index is 565. The van der Waals surface area contributed by atoms with Gasteiger partial charge in [-0.1, -0.05) is 23.2 Å². The van der Waals surface area contributed by atoms with Crippen LogP contribution in [-0.4, -0.2) is 35.5 Å². The van der Waals surface area contributed by atoms with Gasteiger partial charge in [0.25, 0.3) is 5.91 Å². The Morgan fingerprint density at radius 1 is 1.24 bits per heavy atom. The van der Waals surface area contributed by atoms with Crippen molar-refractivity contribution < 1.29 is 4.79 Å². The minimum atomic E-state index is -0.0691. The van der Waals surface area contributed by atoms with Gasteiger partial charge in [0.2, 0.25) is 0 Å². The normalized spacial score (nSPS) is 30.2. The van der Waals surface area contributed by atoms with Gasteiger partial charge in [0.15, 0.2) is 0 Å². The van der Waals surface area contributed by atoms with Crippen LogP contribution in [0.25, 0.3) is 0 Å².